The lowest BCUT2D eigenvalue weighted by Gasteiger charge is -2.33. The molecule has 4 heterocycles. The Balaban J connectivity index is 1.50. The predicted molar refractivity (Wildman–Crippen MR) is 153 cm³/mol. The normalized spacial score (nSPS) is 20.6. The third-order valence-electron chi connectivity index (χ3n) is 8.37. The van der Waals surface area contributed by atoms with Crippen molar-refractivity contribution in [2.75, 3.05) is 17.3 Å². The molecule has 2 aliphatic rings. The first-order valence-corrected chi connectivity index (χ1v) is 14.7. The van der Waals surface area contributed by atoms with Crippen LogP contribution in [0.5, 0.6) is 0 Å². The Labute approximate surface area is 230 Å². The Hall–Kier alpha value is -3.54. The lowest BCUT2D eigenvalue weighted by Crippen LogP contribution is -2.31. The van der Waals surface area contributed by atoms with Crippen molar-refractivity contribution >= 4 is 40.0 Å². The molecule has 0 amide bonds. The van der Waals surface area contributed by atoms with Crippen LogP contribution in [0.3, 0.4) is 0 Å². The van der Waals surface area contributed by atoms with Gasteiger partial charge in [0.25, 0.3) is 0 Å². The minimum Gasteiger partial charge on any atom is -0.365 e. The molecule has 0 saturated heterocycles. The number of H-pyrrole nitrogens is 1. The van der Waals surface area contributed by atoms with Crippen LogP contribution >= 0.6 is 11.3 Å². The van der Waals surface area contributed by atoms with Crippen LogP contribution in [0.1, 0.15) is 64.5 Å². The largest absolute Gasteiger partial charge is 0.439 e. The molecule has 2 aliphatic carbocycles. The average Bonchev–Trinajstić information content (AvgIpc) is 3.63. The minimum absolute atomic E-state index is 0.174. The third kappa shape index (κ3) is 5.09. The second-order valence-corrected chi connectivity index (χ2v) is 11.9. The number of hydrogen-bond acceptors (Lipinski definition) is 10. The lowest BCUT2D eigenvalue weighted by molar-refractivity contribution is 0.285. The molecule has 0 aromatic carbocycles. The van der Waals surface area contributed by atoms with Crippen LogP contribution in [0.2, 0.25) is 0 Å². The van der Waals surface area contributed by atoms with E-state index >= 15 is 0 Å². The van der Waals surface area contributed by atoms with Crippen LogP contribution in [-0.4, -0.2) is 47.7 Å². The number of fused-ring (bicyclic) bond motifs is 1. The fourth-order valence-electron chi connectivity index (χ4n) is 5.71. The van der Waals surface area contributed by atoms with Crippen molar-refractivity contribution in [3.8, 4) is 11.6 Å². The van der Waals surface area contributed by atoms with Gasteiger partial charge in [-0.1, -0.05) is 37.9 Å². The number of rotatable bonds is 9. The molecule has 1 atom stereocenters. The highest BCUT2D eigenvalue weighted by atomic mass is 32.1. The van der Waals surface area contributed by atoms with E-state index in [0.717, 1.165) is 41.6 Å². The molecule has 2 saturated carbocycles. The van der Waals surface area contributed by atoms with E-state index in [2.05, 4.69) is 50.3 Å². The highest BCUT2D eigenvalue weighted by molar-refractivity contribution is 7.07. The summed E-state index contributed by atoms with van der Waals surface area (Å²) in [4.78, 5) is 35.5. The van der Waals surface area contributed by atoms with E-state index in [9.17, 15) is 4.79 Å². The molecule has 2 N–H and O–H groups in total. The van der Waals surface area contributed by atoms with Gasteiger partial charge in [-0.2, -0.15) is 4.98 Å². The molecule has 12 heteroatoms. The van der Waals surface area contributed by atoms with Gasteiger partial charge in [0, 0.05) is 24.2 Å². The van der Waals surface area contributed by atoms with E-state index in [1.807, 2.05) is 17.9 Å². The Morgan fingerprint density at radius 3 is 2.69 bits per heavy atom. The lowest BCUT2D eigenvalue weighted by atomic mass is 9.80. The number of imidazole rings is 1. The molecule has 2 fully saturated rings. The number of hydrogen-bond donors (Lipinski definition) is 2. The summed E-state index contributed by atoms with van der Waals surface area (Å²) in [6.45, 7) is 9.75. The van der Waals surface area contributed by atoms with Gasteiger partial charge in [-0.15, -0.1) is 11.3 Å². The van der Waals surface area contributed by atoms with Crippen molar-refractivity contribution in [1.29, 1.82) is 0 Å². The summed E-state index contributed by atoms with van der Waals surface area (Å²) in [5.41, 5.74) is 5.13. The van der Waals surface area contributed by atoms with Gasteiger partial charge in [0.15, 0.2) is 11.5 Å². The van der Waals surface area contributed by atoms with E-state index < -0.39 is 5.76 Å². The topological polar surface area (TPSA) is 131 Å². The molecular formula is C27H35N9O2S. The highest BCUT2D eigenvalue weighted by Crippen LogP contribution is 2.40. The summed E-state index contributed by atoms with van der Waals surface area (Å²) in [7, 11) is 2.01. The molecule has 11 nitrogen and oxygen atoms in total. The minimum atomic E-state index is -0.653. The van der Waals surface area contributed by atoms with E-state index in [1.165, 1.54) is 32.1 Å². The van der Waals surface area contributed by atoms with E-state index in [4.69, 9.17) is 19.5 Å². The van der Waals surface area contributed by atoms with E-state index in [0.29, 0.717) is 29.8 Å². The standard InChI is InChI=1S/C27H35N9O2S/c1-15-8-10-19(11-9-15)17(3)36-21-22(29-16(2)18-6-5-7-18)30-24(25-33-27(37)38-34-25)31-23(21)32-26(36)35(4)12-20-13-39-14-28-20/h13-16,18-19H,3,5-12H2,1-2,4H3,(H,29,30,31)(H,33,34,37)/t15?,16-,19?/m1/s1. The summed E-state index contributed by atoms with van der Waals surface area (Å²) >= 11 is 1.58. The van der Waals surface area contributed by atoms with E-state index in [1.54, 1.807) is 11.3 Å². The van der Waals surface area contributed by atoms with Gasteiger partial charge in [0.05, 0.1) is 17.7 Å². The zero-order chi connectivity index (χ0) is 27.1. The number of aromatic nitrogens is 7. The zero-order valence-corrected chi connectivity index (χ0v) is 23.5. The van der Waals surface area contributed by atoms with Crippen molar-refractivity contribution in [2.24, 2.45) is 17.8 Å². The smallest absolute Gasteiger partial charge is 0.365 e. The van der Waals surface area contributed by atoms with Crippen LogP contribution in [0.15, 0.2) is 26.8 Å². The zero-order valence-electron chi connectivity index (χ0n) is 22.7. The number of anilines is 2. The van der Waals surface area contributed by atoms with Crippen molar-refractivity contribution < 1.29 is 4.52 Å². The van der Waals surface area contributed by atoms with Crippen LogP contribution in [0.4, 0.5) is 11.8 Å². The van der Waals surface area contributed by atoms with Crippen molar-refractivity contribution in [3.63, 3.8) is 0 Å². The SMILES string of the molecule is C=C(C1CCC(C)CC1)n1c(N(C)Cc2cscn2)nc2nc(-c3noc(=O)[nH]3)nc(N[C@H](C)C3CCC3)c21. The Morgan fingerprint density at radius 2 is 2.05 bits per heavy atom. The molecule has 0 bridgehead atoms. The first kappa shape index (κ1) is 25.7. The third-order valence-corrected chi connectivity index (χ3v) is 9.00. The van der Waals surface area contributed by atoms with Gasteiger partial charge in [-0.05, 0) is 50.4 Å². The van der Waals surface area contributed by atoms with Gasteiger partial charge in [0.2, 0.25) is 17.6 Å². The first-order chi connectivity index (χ1) is 18.9. The second-order valence-electron chi connectivity index (χ2n) is 11.2. The second kappa shape index (κ2) is 10.6. The fraction of sp³-hybridized carbons (Fsp3) is 0.556. The number of thiazole rings is 1. The summed E-state index contributed by atoms with van der Waals surface area (Å²) < 4.78 is 6.90. The number of nitrogens with one attached hydrogen (secondary N) is 2. The van der Waals surface area contributed by atoms with Crippen LogP contribution in [0.25, 0.3) is 28.5 Å². The average molecular weight is 550 g/mol. The molecule has 4 aromatic heterocycles. The summed E-state index contributed by atoms with van der Waals surface area (Å²) in [5.74, 6) is 2.83. The Bertz CT molecular complexity index is 1510. The van der Waals surface area contributed by atoms with Gasteiger partial charge in [-0.3, -0.25) is 14.1 Å². The number of allylic oxidation sites excluding steroid dienone is 1. The van der Waals surface area contributed by atoms with Crippen LogP contribution in [0, 0.1) is 17.8 Å². The van der Waals surface area contributed by atoms with Crippen molar-refractivity contribution in [1.82, 2.24) is 34.6 Å². The van der Waals surface area contributed by atoms with Crippen LogP contribution < -0.4 is 16.0 Å². The van der Waals surface area contributed by atoms with Gasteiger partial charge in [0.1, 0.15) is 5.52 Å². The molecular weight excluding hydrogens is 514 g/mol. The van der Waals surface area contributed by atoms with Gasteiger partial charge >= 0.3 is 5.76 Å². The molecule has 0 aliphatic heterocycles. The van der Waals surface area contributed by atoms with Gasteiger partial charge < -0.3 is 10.2 Å². The van der Waals surface area contributed by atoms with Gasteiger partial charge in [-0.25, -0.2) is 19.7 Å². The van der Waals surface area contributed by atoms with Crippen LogP contribution in [-0.2, 0) is 6.54 Å². The molecule has 0 unspecified atom stereocenters. The van der Waals surface area contributed by atoms with Crippen molar-refractivity contribution in [3.05, 3.63) is 33.7 Å². The van der Waals surface area contributed by atoms with Crippen molar-refractivity contribution in [2.45, 2.75) is 71.4 Å². The Kier molecular flexibility index (Phi) is 6.96. The summed E-state index contributed by atoms with van der Waals surface area (Å²) in [6.07, 6.45) is 8.19. The summed E-state index contributed by atoms with van der Waals surface area (Å²) in [6, 6.07) is 0.212. The maximum absolute atomic E-state index is 11.7. The highest BCUT2D eigenvalue weighted by Gasteiger charge is 2.30. The Morgan fingerprint density at radius 1 is 1.26 bits per heavy atom. The molecule has 206 valence electrons. The maximum atomic E-state index is 11.7. The van der Waals surface area contributed by atoms with E-state index in [-0.39, 0.29) is 17.7 Å². The molecule has 6 rings (SSSR count). The predicted octanol–water partition coefficient (Wildman–Crippen LogP) is 5.16. The first-order valence-electron chi connectivity index (χ1n) is 13.8. The molecule has 0 radical (unpaired) electrons. The number of aromatic amines is 1. The number of nitrogens with zero attached hydrogens (tertiary/aromatic N) is 7. The summed E-state index contributed by atoms with van der Waals surface area (Å²) in [5, 5.41) is 9.56. The molecule has 0 spiro atoms. The quantitative estimate of drug-likeness (QED) is 0.291. The fourth-order valence-corrected chi connectivity index (χ4v) is 6.26. The maximum Gasteiger partial charge on any atom is 0.439 e. The molecule has 4 aromatic rings. The molecule has 39 heavy (non-hydrogen) atoms. The monoisotopic (exact) mass is 549 g/mol.